The molecule has 0 aliphatic heterocycles. The fourth-order valence-corrected chi connectivity index (χ4v) is 2.37. The van der Waals surface area contributed by atoms with Crippen LogP contribution in [0.4, 0.5) is 0 Å². The second kappa shape index (κ2) is 3.95. The second-order valence-corrected chi connectivity index (χ2v) is 5.29. The van der Waals surface area contributed by atoms with Crippen LogP contribution in [0, 0.1) is 16.7 Å². The molecule has 1 aliphatic carbocycles. The molecule has 1 saturated carbocycles. The van der Waals surface area contributed by atoms with Gasteiger partial charge in [0.15, 0.2) is 0 Å². The third-order valence-electron chi connectivity index (χ3n) is 3.29. The molecular weight excluding hydrogens is 186 g/mol. The van der Waals surface area contributed by atoms with Gasteiger partial charge in [0.25, 0.3) is 0 Å². The predicted octanol–water partition coefficient (Wildman–Crippen LogP) is 3.58. The van der Waals surface area contributed by atoms with Crippen molar-refractivity contribution in [3.8, 4) is 0 Å². The standard InChI is InChI=1S/C10H18ClNO/c1-7(2)10(11)5-4-8(3)6-9(10)12-13/h7-9H,4-6H2,1-3H3. The summed E-state index contributed by atoms with van der Waals surface area (Å²) in [5.74, 6) is 0.915. The summed E-state index contributed by atoms with van der Waals surface area (Å²) in [6.07, 6.45) is 2.89. The van der Waals surface area contributed by atoms with E-state index in [1.165, 1.54) is 0 Å². The van der Waals surface area contributed by atoms with Crippen molar-refractivity contribution in [3.63, 3.8) is 0 Å². The Bertz CT molecular complexity index is 195. The lowest BCUT2D eigenvalue weighted by atomic mass is 9.73. The fourth-order valence-electron chi connectivity index (χ4n) is 2.13. The molecule has 0 heterocycles. The van der Waals surface area contributed by atoms with E-state index in [1.807, 2.05) is 0 Å². The second-order valence-electron chi connectivity index (χ2n) is 4.58. The van der Waals surface area contributed by atoms with Gasteiger partial charge in [-0.05, 0) is 31.1 Å². The molecule has 3 atom stereocenters. The molecule has 0 saturated heterocycles. The number of hydrogen-bond donors (Lipinski definition) is 0. The minimum absolute atomic E-state index is 0.196. The molecule has 0 aromatic heterocycles. The van der Waals surface area contributed by atoms with E-state index < -0.39 is 0 Å². The number of halogens is 1. The molecule has 76 valence electrons. The molecule has 0 bridgehead atoms. The van der Waals surface area contributed by atoms with E-state index in [0.717, 1.165) is 19.3 Å². The maximum atomic E-state index is 10.7. The molecule has 3 unspecified atom stereocenters. The summed E-state index contributed by atoms with van der Waals surface area (Å²) >= 11 is 6.45. The lowest BCUT2D eigenvalue weighted by Gasteiger charge is -2.40. The molecular formula is C10H18ClNO. The van der Waals surface area contributed by atoms with E-state index in [4.69, 9.17) is 11.6 Å². The number of nitroso groups, excluding NO2 is 1. The van der Waals surface area contributed by atoms with Gasteiger partial charge in [-0.1, -0.05) is 25.9 Å². The van der Waals surface area contributed by atoms with Crippen molar-refractivity contribution in [2.45, 2.75) is 50.9 Å². The average Bonchev–Trinajstić information content (AvgIpc) is 2.09. The first-order chi connectivity index (χ1) is 6.00. The van der Waals surface area contributed by atoms with Crippen LogP contribution in [-0.4, -0.2) is 10.9 Å². The molecule has 0 radical (unpaired) electrons. The van der Waals surface area contributed by atoms with Crippen LogP contribution in [0.3, 0.4) is 0 Å². The van der Waals surface area contributed by atoms with E-state index >= 15 is 0 Å². The van der Waals surface area contributed by atoms with Crippen LogP contribution < -0.4 is 0 Å². The Morgan fingerprint density at radius 3 is 2.62 bits per heavy atom. The van der Waals surface area contributed by atoms with Crippen molar-refractivity contribution in [3.05, 3.63) is 4.91 Å². The molecule has 0 aromatic carbocycles. The Labute approximate surface area is 85.0 Å². The minimum Gasteiger partial charge on any atom is -0.150 e. The Morgan fingerprint density at radius 2 is 2.15 bits per heavy atom. The number of hydrogen-bond acceptors (Lipinski definition) is 2. The molecule has 1 fully saturated rings. The highest BCUT2D eigenvalue weighted by atomic mass is 35.5. The summed E-state index contributed by atoms with van der Waals surface area (Å²) < 4.78 is 0. The first-order valence-electron chi connectivity index (χ1n) is 5.02. The quantitative estimate of drug-likeness (QED) is 0.498. The smallest absolute Gasteiger partial charge is 0.112 e. The Kier molecular flexibility index (Phi) is 3.33. The fraction of sp³-hybridized carbons (Fsp3) is 1.00. The Morgan fingerprint density at radius 1 is 1.54 bits per heavy atom. The summed E-state index contributed by atoms with van der Waals surface area (Å²) in [6.45, 7) is 6.30. The van der Waals surface area contributed by atoms with Gasteiger partial charge in [0.1, 0.15) is 6.04 Å². The summed E-state index contributed by atoms with van der Waals surface area (Å²) in [7, 11) is 0. The molecule has 2 nitrogen and oxygen atoms in total. The van der Waals surface area contributed by atoms with Gasteiger partial charge in [-0.2, -0.15) is 4.91 Å². The molecule has 0 amide bonds. The van der Waals surface area contributed by atoms with Crippen molar-refractivity contribution in [2.75, 3.05) is 0 Å². The molecule has 0 spiro atoms. The number of rotatable bonds is 2. The van der Waals surface area contributed by atoms with Crippen LogP contribution in [-0.2, 0) is 0 Å². The Hall–Kier alpha value is -0.110. The van der Waals surface area contributed by atoms with Gasteiger partial charge in [-0.15, -0.1) is 11.6 Å². The van der Waals surface area contributed by atoms with Crippen molar-refractivity contribution < 1.29 is 0 Å². The van der Waals surface area contributed by atoms with Crippen LogP contribution in [0.1, 0.15) is 40.0 Å². The molecule has 0 aromatic rings. The van der Waals surface area contributed by atoms with E-state index in [9.17, 15) is 4.91 Å². The van der Waals surface area contributed by atoms with Gasteiger partial charge in [-0.25, -0.2) is 0 Å². The van der Waals surface area contributed by atoms with Crippen LogP contribution in [0.15, 0.2) is 5.18 Å². The van der Waals surface area contributed by atoms with E-state index in [0.29, 0.717) is 11.8 Å². The zero-order chi connectivity index (χ0) is 10.1. The monoisotopic (exact) mass is 203 g/mol. The number of alkyl halides is 1. The molecule has 3 heteroatoms. The van der Waals surface area contributed by atoms with Crippen molar-refractivity contribution >= 4 is 11.6 Å². The lowest BCUT2D eigenvalue weighted by Crippen LogP contribution is -2.44. The van der Waals surface area contributed by atoms with E-state index in [-0.39, 0.29) is 10.9 Å². The van der Waals surface area contributed by atoms with Crippen molar-refractivity contribution in [2.24, 2.45) is 17.0 Å². The predicted molar refractivity (Wildman–Crippen MR) is 56.0 cm³/mol. The highest BCUT2D eigenvalue weighted by Crippen LogP contribution is 2.43. The molecule has 1 rings (SSSR count). The molecule has 0 N–H and O–H groups in total. The summed E-state index contributed by atoms with van der Waals surface area (Å²) in [5, 5.41) is 3.19. The van der Waals surface area contributed by atoms with Crippen LogP contribution in [0.2, 0.25) is 0 Å². The van der Waals surface area contributed by atoms with Gasteiger partial charge in [0.05, 0.1) is 4.87 Å². The van der Waals surface area contributed by atoms with Crippen molar-refractivity contribution in [1.82, 2.24) is 0 Å². The topological polar surface area (TPSA) is 29.4 Å². The lowest BCUT2D eigenvalue weighted by molar-refractivity contribution is 0.226. The first kappa shape index (κ1) is 11.0. The number of nitrogens with zero attached hydrogens (tertiary/aromatic N) is 1. The first-order valence-corrected chi connectivity index (χ1v) is 5.40. The van der Waals surface area contributed by atoms with Crippen LogP contribution in [0.25, 0.3) is 0 Å². The minimum atomic E-state index is -0.381. The van der Waals surface area contributed by atoms with Gasteiger partial charge in [0, 0.05) is 0 Å². The third kappa shape index (κ3) is 2.04. The SMILES string of the molecule is CC1CCC(Cl)(C(C)C)C(N=O)C1. The van der Waals surface area contributed by atoms with E-state index in [1.54, 1.807) is 0 Å². The Balaban J connectivity index is 2.78. The summed E-state index contributed by atoms with van der Waals surface area (Å²) in [6, 6.07) is -0.196. The van der Waals surface area contributed by atoms with Crippen LogP contribution >= 0.6 is 11.6 Å². The van der Waals surface area contributed by atoms with Gasteiger partial charge >= 0.3 is 0 Å². The maximum absolute atomic E-state index is 10.7. The zero-order valence-electron chi connectivity index (χ0n) is 8.59. The summed E-state index contributed by atoms with van der Waals surface area (Å²) in [4.78, 5) is 10.3. The largest absolute Gasteiger partial charge is 0.150 e. The molecule has 1 aliphatic rings. The average molecular weight is 204 g/mol. The highest BCUT2D eigenvalue weighted by Gasteiger charge is 2.44. The zero-order valence-corrected chi connectivity index (χ0v) is 9.34. The van der Waals surface area contributed by atoms with E-state index in [2.05, 4.69) is 25.9 Å². The van der Waals surface area contributed by atoms with Gasteiger partial charge in [-0.3, -0.25) is 0 Å². The maximum Gasteiger partial charge on any atom is 0.112 e. The highest BCUT2D eigenvalue weighted by molar-refractivity contribution is 6.24. The van der Waals surface area contributed by atoms with Gasteiger partial charge < -0.3 is 0 Å². The normalized spacial score (nSPS) is 40.7. The van der Waals surface area contributed by atoms with Gasteiger partial charge in [0.2, 0.25) is 0 Å². The molecule has 13 heavy (non-hydrogen) atoms. The van der Waals surface area contributed by atoms with Crippen LogP contribution in [0.5, 0.6) is 0 Å². The van der Waals surface area contributed by atoms with Crippen molar-refractivity contribution in [1.29, 1.82) is 0 Å². The third-order valence-corrected chi connectivity index (χ3v) is 4.16. The summed E-state index contributed by atoms with van der Waals surface area (Å²) in [5.41, 5.74) is 0.